The van der Waals surface area contributed by atoms with E-state index in [0.717, 1.165) is 11.1 Å². The molecule has 0 aromatic heterocycles. The van der Waals surface area contributed by atoms with Crippen LogP contribution in [0, 0.1) is 0 Å². The summed E-state index contributed by atoms with van der Waals surface area (Å²) in [5, 5.41) is 0. The van der Waals surface area contributed by atoms with Crippen molar-refractivity contribution >= 4 is 23.1 Å². The van der Waals surface area contributed by atoms with Gasteiger partial charge in [-0.25, -0.2) is 0 Å². The topological polar surface area (TPSA) is 46.3 Å². The van der Waals surface area contributed by atoms with Gasteiger partial charge in [0, 0.05) is 24.2 Å². The van der Waals surface area contributed by atoms with E-state index in [1.165, 1.54) is 0 Å². The normalized spacial score (nSPS) is 10.1. The van der Waals surface area contributed by atoms with E-state index in [1.807, 2.05) is 42.2 Å². The first-order chi connectivity index (χ1) is 10.1. The summed E-state index contributed by atoms with van der Waals surface area (Å²) >= 11 is 4.91. The molecule has 0 unspecified atom stereocenters. The minimum atomic E-state index is 0.0100. The van der Waals surface area contributed by atoms with Crippen LogP contribution in [0.5, 0.6) is 0 Å². The second kappa shape index (κ2) is 6.99. The highest BCUT2D eigenvalue weighted by Gasteiger charge is 2.14. The molecule has 0 aliphatic rings. The molecule has 2 aromatic carbocycles. The van der Waals surface area contributed by atoms with Crippen LogP contribution in [-0.4, -0.2) is 22.3 Å². The van der Waals surface area contributed by atoms with Crippen LogP contribution < -0.4 is 5.73 Å². The molecule has 0 bridgehead atoms. The van der Waals surface area contributed by atoms with E-state index in [2.05, 4.69) is 0 Å². The summed E-state index contributed by atoms with van der Waals surface area (Å²) in [5.41, 5.74) is 8.10. The van der Waals surface area contributed by atoms with Gasteiger partial charge in [-0.15, -0.1) is 0 Å². The Morgan fingerprint density at radius 2 is 1.62 bits per heavy atom. The third-order valence-electron chi connectivity index (χ3n) is 3.30. The van der Waals surface area contributed by atoms with E-state index < -0.39 is 0 Å². The molecule has 4 heteroatoms. The van der Waals surface area contributed by atoms with Crippen LogP contribution in [0.1, 0.15) is 28.4 Å². The fraction of sp³-hybridized carbons (Fsp3) is 0.176. The molecule has 0 spiro atoms. The van der Waals surface area contributed by atoms with Gasteiger partial charge in [-0.2, -0.15) is 0 Å². The van der Waals surface area contributed by atoms with Gasteiger partial charge in [0.15, 0.2) is 0 Å². The standard InChI is InChI=1S/C17H18N2OS/c1-2-19(12-13-6-4-3-5-7-13)17(20)15-10-8-14(9-11-15)16(18)21/h3-11H,2,12H2,1H3,(H2,18,21). The van der Waals surface area contributed by atoms with Crippen molar-refractivity contribution in [3.63, 3.8) is 0 Å². The first-order valence-corrected chi connectivity index (χ1v) is 7.25. The average molecular weight is 298 g/mol. The molecule has 0 aliphatic carbocycles. The summed E-state index contributed by atoms with van der Waals surface area (Å²) in [5.74, 6) is 0.0100. The van der Waals surface area contributed by atoms with Crippen molar-refractivity contribution in [2.75, 3.05) is 6.54 Å². The Hall–Kier alpha value is -2.20. The minimum Gasteiger partial charge on any atom is -0.389 e. The van der Waals surface area contributed by atoms with Crippen LogP contribution in [-0.2, 0) is 6.54 Å². The zero-order valence-electron chi connectivity index (χ0n) is 12.0. The third-order valence-corrected chi connectivity index (χ3v) is 3.54. The Labute approximate surface area is 130 Å². The lowest BCUT2D eigenvalue weighted by molar-refractivity contribution is 0.0752. The molecule has 0 fully saturated rings. The largest absolute Gasteiger partial charge is 0.389 e. The highest BCUT2D eigenvalue weighted by molar-refractivity contribution is 7.80. The van der Waals surface area contributed by atoms with Gasteiger partial charge in [0.1, 0.15) is 4.99 Å². The van der Waals surface area contributed by atoms with Gasteiger partial charge in [-0.3, -0.25) is 4.79 Å². The van der Waals surface area contributed by atoms with E-state index in [0.29, 0.717) is 23.6 Å². The molecule has 3 nitrogen and oxygen atoms in total. The van der Waals surface area contributed by atoms with Crippen LogP contribution in [0.25, 0.3) is 0 Å². The maximum absolute atomic E-state index is 12.5. The second-order valence-corrected chi connectivity index (χ2v) is 5.19. The Morgan fingerprint density at radius 3 is 2.14 bits per heavy atom. The lowest BCUT2D eigenvalue weighted by Crippen LogP contribution is -2.30. The van der Waals surface area contributed by atoms with Crippen LogP contribution in [0.4, 0.5) is 0 Å². The van der Waals surface area contributed by atoms with Crippen molar-refractivity contribution in [2.45, 2.75) is 13.5 Å². The molecule has 2 rings (SSSR count). The average Bonchev–Trinajstić information content (AvgIpc) is 2.53. The van der Waals surface area contributed by atoms with Gasteiger partial charge >= 0.3 is 0 Å². The minimum absolute atomic E-state index is 0.0100. The summed E-state index contributed by atoms with van der Waals surface area (Å²) in [6.07, 6.45) is 0. The zero-order valence-corrected chi connectivity index (χ0v) is 12.8. The quantitative estimate of drug-likeness (QED) is 0.863. The van der Waals surface area contributed by atoms with Gasteiger partial charge in [-0.1, -0.05) is 54.7 Å². The summed E-state index contributed by atoms with van der Waals surface area (Å²) in [6, 6.07) is 17.1. The lowest BCUT2D eigenvalue weighted by Gasteiger charge is -2.21. The fourth-order valence-corrected chi connectivity index (χ4v) is 2.23. The van der Waals surface area contributed by atoms with Crippen LogP contribution in [0.2, 0.25) is 0 Å². The Bertz CT molecular complexity index is 623. The molecule has 2 N–H and O–H groups in total. The number of thiocarbonyl (C=S) groups is 1. The lowest BCUT2D eigenvalue weighted by atomic mass is 10.1. The third kappa shape index (κ3) is 3.89. The zero-order chi connectivity index (χ0) is 15.2. The molecule has 1 amide bonds. The van der Waals surface area contributed by atoms with Gasteiger partial charge in [0.2, 0.25) is 0 Å². The van der Waals surface area contributed by atoms with Crippen LogP contribution >= 0.6 is 12.2 Å². The molecule has 0 heterocycles. The Balaban J connectivity index is 2.14. The monoisotopic (exact) mass is 298 g/mol. The van der Waals surface area contributed by atoms with Crippen molar-refractivity contribution < 1.29 is 4.79 Å². The van der Waals surface area contributed by atoms with E-state index >= 15 is 0 Å². The summed E-state index contributed by atoms with van der Waals surface area (Å²) in [6.45, 7) is 3.24. The first-order valence-electron chi connectivity index (χ1n) is 6.85. The van der Waals surface area contributed by atoms with E-state index in [4.69, 9.17) is 18.0 Å². The maximum atomic E-state index is 12.5. The molecule has 0 atom stereocenters. The van der Waals surface area contributed by atoms with Crippen LogP contribution in [0.15, 0.2) is 54.6 Å². The van der Waals surface area contributed by atoms with E-state index in [9.17, 15) is 4.79 Å². The maximum Gasteiger partial charge on any atom is 0.254 e. The van der Waals surface area contributed by atoms with Crippen molar-refractivity contribution in [3.8, 4) is 0 Å². The van der Waals surface area contributed by atoms with E-state index in [-0.39, 0.29) is 5.91 Å². The smallest absolute Gasteiger partial charge is 0.254 e. The number of amides is 1. The molecule has 108 valence electrons. The number of nitrogens with zero attached hydrogens (tertiary/aromatic N) is 1. The van der Waals surface area contributed by atoms with Crippen molar-refractivity contribution in [3.05, 3.63) is 71.3 Å². The number of carbonyl (C=O) groups is 1. The van der Waals surface area contributed by atoms with Gasteiger partial charge in [0.25, 0.3) is 5.91 Å². The van der Waals surface area contributed by atoms with Crippen LogP contribution in [0.3, 0.4) is 0 Å². The molecule has 2 aromatic rings. The van der Waals surface area contributed by atoms with Gasteiger partial charge in [0.05, 0.1) is 0 Å². The summed E-state index contributed by atoms with van der Waals surface area (Å²) in [7, 11) is 0. The number of nitrogens with two attached hydrogens (primary N) is 1. The van der Waals surface area contributed by atoms with Crippen molar-refractivity contribution in [1.82, 2.24) is 4.90 Å². The predicted molar refractivity (Wildman–Crippen MR) is 89.2 cm³/mol. The molecular weight excluding hydrogens is 280 g/mol. The summed E-state index contributed by atoms with van der Waals surface area (Å²) < 4.78 is 0. The fourth-order valence-electron chi connectivity index (χ4n) is 2.09. The number of rotatable bonds is 5. The number of hydrogen-bond acceptors (Lipinski definition) is 2. The molecule has 0 saturated heterocycles. The molecule has 0 saturated carbocycles. The molecular formula is C17H18N2OS. The summed E-state index contributed by atoms with van der Waals surface area (Å²) in [4.78, 5) is 14.7. The van der Waals surface area contributed by atoms with Crippen molar-refractivity contribution in [1.29, 1.82) is 0 Å². The molecule has 0 aliphatic heterocycles. The molecule has 21 heavy (non-hydrogen) atoms. The van der Waals surface area contributed by atoms with Gasteiger partial charge < -0.3 is 10.6 Å². The van der Waals surface area contributed by atoms with E-state index in [1.54, 1.807) is 24.3 Å². The Morgan fingerprint density at radius 1 is 1.05 bits per heavy atom. The Kier molecular flexibility index (Phi) is 5.06. The first kappa shape index (κ1) is 15.2. The second-order valence-electron chi connectivity index (χ2n) is 4.75. The highest BCUT2D eigenvalue weighted by Crippen LogP contribution is 2.11. The number of benzene rings is 2. The number of hydrogen-bond donors (Lipinski definition) is 1. The predicted octanol–water partition coefficient (Wildman–Crippen LogP) is 2.98. The van der Waals surface area contributed by atoms with Crippen molar-refractivity contribution in [2.24, 2.45) is 5.73 Å². The van der Waals surface area contributed by atoms with Gasteiger partial charge in [-0.05, 0) is 24.6 Å². The highest BCUT2D eigenvalue weighted by atomic mass is 32.1. The SMILES string of the molecule is CCN(Cc1ccccc1)C(=O)c1ccc(C(N)=S)cc1. The number of carbonyl (C=O) groups excluding carboxylic acids is 1. The molecule has 0 radical (unpaired) electrons.